The van der Waals surface area contributed by atoms with Gasteiger partial charge >= 0.3 is 0 Å². The van der Waals surface area contributed by atoms with E-state index >= 15 is 4.39 Å². The van der Waals surface area contributed by atoms with E-state index in [1.807, 2.05) is 6.92 Å². The minimum absolute atomic E-state index is 0.00760. The summed E-state index contributed by atoms with van der Waals surface area (Å²) < 4.78 is 36.2. The lowest BCUT2D eigenvalue weighted by atomic mass is 9.46. The second-order valence-corrected chi connectivity index (χ2v) is 10.0. The van der Waals surface area contributed by atoms with Crippen LogP contribution in [-0.4, -0.2) is 51.9 Å². The van der Waals surface area contributed by atoms with Gasteiger partial charge in [-0.25, -0.2) is 8.78 Å². The van der Waals surface area contributed by atoms with E-state index in [-0.39, 0.29) is 29.9 Å². The highest BCUT2D eigenvalue weighted by molar-refractivity contribution is 6.04. The molecule has 5 rings (SSSR count). The van der Waals surface area contributed by atoms with E-state index in [2.05, 4.69) is 0 Å². The van der Waals surface area contributed by atoms with Gasteiger partial charge in [0.15, 0.2) is 11.6 Å². The first-order valence-electron chi connectivity index (χ1n) is 10.3. The number of aliphatic hydroxyl groups is 2. The van der Waals surface area contributed by atoms with Crippen molar-refractivity contribution in [3.8, 4) is 0 Å². The summed E-state index contributed by atoms with van der Waals surface area (Å²) in [7, 11) is 0. The maximum absolute atomic E-state index is 15.3. The predicted molar refractivity (Wildman–Crippen MR) is 98.0 cm³/mol. The molecule has 0 aromatic heterocycles. The maximum Gasteiger partial charge on any atom is 0.213 e. The van der Waals surface area contributed by atoms with Crippen molar-refractivity contribution in [1.29, 1.82) is 0 Å². The lowest BCUT2D eigenvalue weighted by molar-refractivity contribution is -0.166. The molecule has 1 unspecified atom stereocenters. The van der Waals surface area contributed by atoms with Crippen LogP contribution >= 0.6 is 0 Å². The Balaban J connectivity index is 1.64. The van der Waals surface area contributed by atoms with Gasteiger partial charge in [-0.2, -0.15) is 0 Å². The summed E-state index contributed by atoms with van der Waals surface area (Å²) in [6, 6.07) is 0. The van der Waals surface area contributed by atoms with E-state index in [4.69, 9.17) is 4.74 Å². The van der Waals surface area contributed by atoms with E-state index in [0.717, 1.165) is 6.08 Å². The summed E-state index contributed by atoms with van der Waals surface area (Å²) in [5.41, 5.74) is -4.62. The van der Waals surface area contributed by atoms with Crippen LogP contribution in [0.5, 0.6) is 0 Å². The van der Waals surface area contributed by atoms with Crippen molar-refractivity contribution in [2.24, 2.45) is 28.6 Å². The Hall–Kier alpha value is -1.44. The number of hydrogen-bond acceptors (Lipinski definition) is 5. The van der Waals surface area contributed by atoms with Crippen LogP contribution in [0.15, 0.2) is 23.6 Å². The highest BCUT2D eigenvalue weighted by atomic mass is 19.1. The van der Waals surface area contributed by atoms with Crippen LogP contribution < -0.4 is 0 Å². The van der Waals surface area contributed by atoms with Crippen molar-refractivity contribution in [2.45, 2.75) is 63.5 Å². The number of Topliss-reactive ketones (excluding diaryl/α,β-unsaturated/α-hetero) is 1. The van der Waals surface area contributed by atoms with Crippen LogP contribution in [0.4, 0.5) is 8.78 Å². The first kappa shape index (κ1) is 19.5. The molecule has 0 amide bonds. The van der Waals surface area contributed by atoms with Crippen LogP contribution in [-0.2, 0) is 14.3 Å². The molecule has 0 aromatic rings. The van der Waals surface area contributed by atoms with Gasteiger partial charge in [0.1, 0.15) is 24.0 Å². The zero-order chi connectivity index (χ0) is 21.1. The van der Waals surface area contributed by atoms with Gasteiger partial charge in [-0.3, -0.25) is 9.59 Å². The Morgan fingerprint density at radius 2 is 2.00 bits per heavy atom. The summed E-state index contributed by atoms with van der Waals surface area (Å²) in [5.74, 6) is -3.40. The lowest BCUT2D eigenvalue weighted by Crippen LogP contribution is -2.63. The topological polar surface area (TPSA) is 87.1 Å². The first-order chi connectivity index (χ1) is 13.5. The molecule has 4 fully saturated rings. The zero-order valence-corrected chi connectivity index (χ0v) is 16.7. The van der Waals surface area contributed by atoms with Crippen molar-refractivity contribution in [3.05, 3.63) is 23.6 Å². The van der Waals surface area contributed by atoms with Crippen molar-refractivity contribution < 1.29 is 33.3 Å². The molecule has 29 heavy (non-hydrogen) atoms. The smallest absolute Gasteiger partial charge is 0.213 e. The van der Waals surface area contributed by atoms with Crippen molar-refractivity contribution in [2.75, 3.05) is 6.61 Å². The van der Waals surface area contributed by atoms with Crippen molar-refractivity contribution in [3.63, 3.8) is 0 Å². The number of carbonyl (C=O) groups is 2. The van der Waals surface area contributed by atoms with Crippen molar-refractivity contribution in [1.82, 2.24) is 0 Å². The second kappa shape index (κ2) is 5.42. The molecule has 7 heteroatoms. The molecule has 0 bridgehead atoms. The molecule has 0 aromatic carbocycles. The van der Waals surface area contributed by atoms with E-state index in [9.17, 15) is 24.2 Å². The summed E-state index contributed by atoms with van der Waals surface area (Å²) >= 11 is 0. The highest BCUT2D eigenvalue weighted by Crippen LogP contribution is 2.76. The minimum atomic E-state index is -1.71. The molecule has 1 saturated heterocycles. The standard InChI is InChI=1S/C22H26F2O5/c1-10-6-11-12-7-13(23)17-18(24)14(26)4-5-19(17,2)22(12)16(29-22)8-20(11,3)21(10,28)15(27)9-25/h4-5,10-13,16,25,28H,6-9H2,1-3H3/t10-,11+,12+,13+,16?,19+,20+,21+,22+/m1/s1. The predicted octanol–water partition coefficient (Wildman–Crippen LogP) is 2.21. The molecule has 9 atom stereocenters. The number of halogens is 2. The van der Waals surface area contributed by atoms with Gasteiger partial charge in [-0.15, -0.1) is 0 Å². The number of epoxide rings is 1. The third-order valence-electron chi connectivity index (χ3n) is 9.15. The molecule has 5 nitrogen and oxygen atoms in total. The van der Waals surface area contributed by atoms with Gasteiger partial charge in [0.05, 0.1) is 6.10 Å². The fourth-order valence-corrected chi connectivity index (χ4v) is 7.78. The normalized spacial score (nSPS) is 55.1. The van der Waals surface area contributed by atoms with Gasteiger partial charge in [0.25, 0.3) is 0 Å². The summed E-state index contributed by atoms with van der Waals surface area (Å²) in [6.45, 7) is 4.60. The summed E-state index contributed by atoms with van der Waals surface area (Å²) in [4.78, 5) is 24.5. The maximum atomic E-state index is 15.3. The zero-order valence-electron chi connectivity index (χ0n) is 16.7. The third kappa shape index (κ3) is 1.87. The van der Waals surface area contributed by atoms with Crippen LogP contribution in [0.25, 0.3) is 0 Å². The molecule has 2 N–H and O–H groups in total. The molecule has 0 radical (unpaired) electrons. The average Bonchev–Trinajstić information content (AvgIpc) is 3.35. The Morgan fingerprint density at radius 1 is 1.31 bits per heavy atom. The van der Waals surface area contributed by atoms with Crippen LogP contribution in [0.2, 0.25) is 0 Å². The molecule has 5 aliphatic rings. The molecule has 158 valence electrons. The number of ether oxygens (including phenoxy) is 1. The van der Waals surface area contributed by atoms with Crippen LogP contribution in [0.1, 0.15) is 40.0 Å². The SMILES string of the molecule is C[C@@H]1C[C@H]2[C@@H]3C[C@H](F)C4=C(F)C(=O)C=C[C@]4(C)[C@]34OC4C[C@]2(C)[C@@]1(O)C(=O)CO. The van der Waals surface area contributed by atoms with E-state index < -0.39 is 58.1 Å². The van der Waals surface area contributed by atoms with Crippen LogP contribution in [0.3, 0.4) is 0 Å². The Bertz CT molecular complexity index is 898. The Labute approximate surface area is 167 Å². The largest absolute Gasteiger partial charge is 0.388 e. The number of aliphatic hydroxyl groups excluding tert-OH is 1. The fourth-order valence-electron chi connectivity index (χ4n) is 7.78. The van der Waals surface area contributed by atoms with Gasteiger partial charge in [-0.1, -0.05) is 19.9 Å². The second-order valence-electron chi connectivity index (χ2n) is 10.0. The van der Waals surface area contributed by atoms with Gasteiger partial charge in [0.2, 0.25) is 5.78 Å². The van der Waals surface area contributed by atoms with Gasteiger partial charge in [-0.05, 0) is 50.0 Å². The molecule has 3 saturated carbocycles. The number of carbonyl (C=O) groups excluding carboxylic acids is 2. The Morgan fingerprint density at radius 3 is 2.66 bits per heavy atom. The fraction of sp³-hybridized carbons (Fsp3) is 0.727. The van der Waals surface area contributed by atoms with Crippen LogP contribution in [0, 0.1) is 28.6 Å². The summed E-state index contributed by atoms with van der Waals surface area (Å²) in [6.07, 6.45) is 1.59. The quantitative estimate of drug-likeness (QED) is 0.684. The highest BCUT2D eigenvalue weighted by Gasteiger charge is 2.83. The monoisotopic (exact) mass is 408 g/mol. The minimum Gasteiger partial charge on any atom is -0.388 e. The third-order valence-corrected chi connectivity index (χ3v) is 9.15. The first-order valence-corrected chi connectivity index (χ1v) is 10.3. The van der Waals surface area contributed by atoms with Gasteiger partial charge < -0.3 is 14.9 Å². The van der Waals surface area contributed by atoms with Crippen molar-refractivity contribution >= 4 is 11.6 Å². The lowest BCUT2D eigenvalue weighted by Gasteiger charge is -2.56. The number of fused-ring (bicyclic) bond motifs is 3. The molecule has 4 aliphatic carbocycles. The number of rotatable bonds is 2. The van der Waals surface area contributed by atoms with E-state index in [1.165, 1.54) is 0 Å². The molecule has 1 heterocycles. The van der Waals surface area contributed by atoms with Gasteiger partial charge in [0, 0.05) is 16.4 Å². The summed E-state index contributed by atoms with van der Waals surface area (Å²) in [5, 5.41) is 21.0. The number of ketones is 2. The molecule has 1 aliphatic heterocycles. The number of hydrogen-bond donors (Lipinski definition) is 2. The average molecular weight is 408 g/mol. The molecular weight excluding hydrogens is 382 g/mol. The van der Waals surface area contributed by atoms with E-state index in [0.29, 0.717) is 12.8 Å². The Kier molecular flexibility index (Phi) is 3.65. The van der Waals surface area contributed by atoms with E-state index in [1.54, 1.807) is 19.9 Å². The number of allylic oxidation sites excluding steroid dienone is 2. The molecule has 1 spiro atoms. The number of alkyl halides is 1. The molecular formula is C22H26F2O5.